The van der Waals surface area contributed by atoms with Gasteiger partial charge in [-0.05, 0) is 24.1 Å². The average Bonchev–Trinajstić information content (AvgIpc) is 2.58. The Morgan fingerprint density at radius 3 is 2.57 bits per heavy atom. The lowest BCUT2D eigenvalue weighted by Gasteiger charge is -2.03. The standard InChI is InChI=1S/C17H21NO5/c1-3-11-22-17(20)12-18-10-4-5-16(19)23-13-14-6-8-15(21-2)9-7-14/h6-9,18H,3,10-13H2,1-2H3. The summed E-state index contributed by atoms with van der Waals surface area (Å²) in [5, 5.41) is 2.77. The van der Waals surface area contributed by atoms with Gasteiger partial charge in [-0.3, -0.25) is 10.1 Å². The first-order valence-electron chi connectivity index (χ1n) is 7.30. The summed E-state index contributed by atoms with van der Waals surface area (Å²) >= 11 is 0. The third-order valence-electron chi connectivity index (χ3n) is 2.67. The maximum absolute atomic E-state index is 11.4. The van der Waals surface area contributed by atoms with Gasteiger partial charge in [0, 0.05) is 5.92 Å². The Bertz CT molecular complexity index is 557. The molecule has 0 aliphatic rings. The summed E-state index contributed by atoms with van der Waals surface area (Å²) in [7, 11) is 1.59. The molecule has 0 unspecified atom stereocenters. The van der Waals surface area contributed by atoms with E-state index in [1.54, 1.807) is 19.2 Å². The molecular weight excluding hydrogens is 298 g/mol. The normalized spacial score (nSPS) is 9.48. The monoisotopic (exact) mass is 319 g/mol. The summed E-state index contributed by atoms with van der Waals surface area (Å²) < 4.78 is 14.9. The highest BCUT2D eigenvalue weighted by molar-refractivity contribution is 5.88. The number of ether oxygens (including phenoxy) is 3. The molecule has 0 radical (unpaired) electrons. The first-order chi connectivity index (χ1) is 11.2. The van der Waals surface area contributed by atoms with Crippen LogP contribution in [0.15, 0.2) is 24.3 Å². The van der Waals surface area contributed by atoms with Crippen molar-refractivity contribution >= 4 is 11.9 Å². The minimum absolute atomic E-state index is 0.0651. The molecule has 0 fully saturated rings. The predicted molar refractivity (Wildman–Crippen MR) is 84.7 cm³/mol. The summed E-state index contributed by atoms with van der Waals surface area (Å²) in [6, 6.07) is 7.19. The van der Waals surface area contributed by atoms with Crippen molar-refractivity contribution in [3.8, 4) is 17.6 Å². The highest BCUT2D eigenvalue weighted by Gasteiger charge is 2.01. The molecule has 0 aliphatic heterocycles. The van der Waals surface area contributed by atoms with Crippen LogP contribution in [0.5, 0.6) is 5.75 Å². The molecule has 1 aromatic carbocycles. The first kappa shape index (κ1) is 18.5. The minimum Gasteiger partial charge on any atom is -0.497 e. The molecule has 0 heterocycles. The summed E-state index contributed by atoms with van der Waals surface area (Å²) in [5.74, 6) is 4.72. The number of rotatable bonds is 8. The van der Waals surface area contributed by atoms with Crippen molar-refractivity contribution in [2.75, 3.05) is 26.8 Å². The highest BCUT2D eigenvalue weighted by Crippen LogP contribution is 2.11. The van der Waals surface area contributed by atoms with Gasteiger partial charge in [0.1, 0.15) is 12.4 Å². The van der Waals surface area contributed by atoms with E-state index >= 15 is 0 Å². The van der Waals surface area contributed by atoms with Crippen molar-refractivity contribution in [2.45, 2.75) is 20.0 Å². The van der Waals surface area contributed by atoms with Crippen molar-refractivity contribution in [2.24, 2.45) is 0 Å². The fourth-order valence-electron chi connectivity index (χ4n) is 1.52. The average molecular weight is 319 g/mol. The zero-order valence-corrected chi connectivity index (χ0v) is 13.4. The Hall–Kier alpha value is -2.52. The molecule has 6 nitrogen and oxygen atoms in total. The first-order valence-corrected chi connectivity index (χ1v) is 7.30. The van der Waals surface area contributed by atoms with Crippen molar-refractivity contribution < 1.29 is 23.8 Å². The van der Waals surface area contributed by atoms with E-state index in [-0.39, 0.29) is 25.7 Å². The van der Waals surface area contributed by atoms with Crippen LogP contribution in [0.4, 0.5) is 0 Å². The Kier molecular flexibility index (Phi) is 8.94. The maximum atomic E-state index is 11.4. The van der Waals surface area contributed by atoms with Gasteiger partial charge in [-0.2, -0.15) is 0 Å². The van der Waals surface area contributed by atoms with Crippen LogP contribution in [-0.2, 0) is 25.7 Å². The van der Waals surface area contributed by atoms with E-state index in [1.807, 2.05) is 19.1 Å². The molecule has 1 N–H and O–H groups in total. The maximum Gasteiger partial charge on any atom is 0.384 e. The van der Waals surface area contributed by atoms with E-state index in [9.17, 15) is 9.59 Å². The van der Waals surface area contributed by atoms with Crippen molar-refractivity contribution in [3.63, 3.8) is 0 Å². The number of benzene rings is 1. The topological polar surface area (TPSA) is 73.9 Å². The molecule has 0 aliphatic carbocycles. The van der Waals surface area contributed by atoms with Gasteiger partial charge in [0.2, 0.25) is 0 Å². The van der Waals surface area contributed by atoms with Crippen LogP contribution in [0.1, 0.15) is 18.9 Å². The van der Waals surface area contributed by atoms with Crippen LogP contribution in [0.25, 0.3) is 0 Å². The van der Waals surface area contributed by atoms with Crippen molar-refractivity contribution in [1.82, 2.24) is 5.32 Å². The van der Waals surface area contributed by atoms with Crippen LogP contribution >= 0.6 is 0 Å². The summed E-state index contributed by atoms with van der Waals surface area (Å²) in [4.78, 5) is 22.6. The van der Waals surface area contributed by atoms with Gasteiger partial charge >= 0.3 is 11.9 Å². The molecule has 0 aromatic heterocycles. The molecular formula is C17H21NO5. The quantitative estimate of drug-likeness (QED) is 0.337. The molecule has 0 atom stereocenters. The molecule has 0 bridgehead atoms. The number of nitrogens with one attached hydrogen (secondary N) is 1. The Morgan fingerprint density at radius 2 is 1.91 bits per heavy atom. The highest BCUT2D eigenvalue weighted by atomic mass is 16.5. The number of hydrogen-bond acceptors (Lipinski definition) is 6. The lowest BCUT2D eigenvalue weighted by molar-refractivity contribution is -0.142. The molecule has 1 aromatic rings. The van der Waals surface area contributed by atoms with E-state index in [2.05, 4.69) is 17.2 Å². The molecule has 124 valence electrons. The van der Waals surface area contributed by atoms with Crippen LogP contribution in [0, 0.1) is 11.8 Å². The van der Waals surface area contributed by atoms with Gasteiger partial charge in [-0.15, -0.1) is 0 Å². The Labute approximate surface area is 136 Å². The van der Waals surface area contributed by atoms with E-state index in [0.29, 0.717) is 6.61 Å². The van der Waals surface area contributed by atoms with Crippen LogP contribution in [-0.4, -0.2) is 38.7 Å². The lowest BCUT2D eigenvalue weighted by Crippen LogP contribution is -2.25. The molecule has 0 saturated heterocycles. The van der Waals surface area contributed by atoms with Gasteiger partial charge in [-0.1, -0.05) is 25.0 Å². The van der Waals surface area contributed by atoms with E-state index in [1.165, 1.54) is 0 Å². The van der Waals surface area contributed by atoms with Crippen molar-refractivity contribution in [1.29, 1.82) is 0 Å². The number of hydrogen-bond donors (Lipinski definition) is 1. The third-order valence-corrected chi connectivity index (χ3v) is 2.67. The SMILES string of the molecule is CCCOC(=O)CNCC#CC(=O)OCc1ccc(OC)cc1. The molecule has 1 rings (SSSR count). The van der Waals surface area contributed by atoms with Gasteiger partial charge in [-0.25, -0.2) is 4.79 Å². The fraction of sp³-hybridized carbons (Fsp3) is 0.412. The second kappa shape index (κ2) is 11.1. The van der Waals surface area contributed by atoms with Gasteiger partial charge in [0.15, 0.2) is 0 Å². The molecule has 0 saturated carbocycles. The second-order valence-corrected chi connectivity index (χ2v) is 4.55. The van der Waals surface area contributed by atoms with Gasteiger partial charge < -0.3 is 14.2 Å². The van der Waals surface area contributed by atoms with E-state index in [4.69, 9.17) is 14.2 Å². The number of esters is 2. The smallest absolute Gasteiger partial charge is 0.384 e. The second-order valence-electron chi connectivity index (χ2n) is 4.55. The molecule has 6 heteroatoms. The zero-order valence-electron chi connectivity index (χ0n) is 13.4. The zero-order chi connectivity index (χ0) is 16.9. The Balaban J connectivity index is 2.19. The predicted octanol–water partition coefficient (Wildman–Crippen LogP) is 1.28. The van der Waals surface area contributed by atoms with E-state index in [0.717, 1.165) is 17.7 Å². The van der Waals surface area contributed by atoms with Gasteiger partial charge in [0.05, 0.1) is 26.8 Å². The van der Waals surface area contributed by atoms with Gasteiger partial charge in [0.25, 0.3) is 0 Å². The lowest BCUT2D eigenvalue weighted by atomic mass is 10.2. The number of methoxy groups -OCH3 is 1. The van der Waals surface area contributed by atoms with Crippen molar-refractivity contribution in [3.05, 3.63) is 29.8 Å². The summed E-state index contributed by atoms with van der Waals surface area (Å²) in [6.07, 6.45) is 0.783. The van der Waals surface area contributed by atoms with Crippen LogP contribution in [0.3, 0.4) is 0 Å². The third kappa shape index (κ3) is 8.49. The fourth-order valence-corrected chi connectivity index (χ4v) is 1.52. The van der Waals surface area contributed by atoms with Crippen LogP contribution < -0.4 is 10.1 Å². The Morgan fingerprint density at radius 1 is 1.17 bits per heavy atom. The molecule has 0 amide bonds. The number of carbonyl (C=O) groups excluding carboxylic acids is 2. The molecule has 23 heavy (non-hydrogen) atoms. The summed E-state index contributed by atoms with van der Waals surface area (Å²) in [6.45, 7) is 2.75. The largest absolute Gasteiger partial charge is 0.497 e. The summed E-state index contributed by atoms with van der Waals surface area (Å²) in [5.41, 5.74) is 0.845. The van der Waals surface area contributed by atoms with Crippen LogP contribution in [0.2, 0.25) is 0 Å². The molecule has 0 spiro atoms. The van der Waals surface area contributed by atoms with E-state index < -0.39 is 5.97 Å². The minimum atomic E-state index is -0.615. The number of carbonyl (C=O) groups is 2.